The van der Waals surface area contributed by atoms with Gasteiger partial charge in [0.1, 0.15) is 0 Å². The minimum Gasteiger partial charge on any atom is -0.356 e. The first kappa shape index (κ1) is 10.5. The zero-order chi connectivity index (χ0) is 8.69. The molecule has 0 bridgehead atoms. The molecule has 0 fully saturated rings. The van der Waals surface area contributed by atoms with E-state index in [1.54, 1.807) is 0 Å². The van der Waals surface area contributed by atoms with Crippen LogP contribution in [0.15, 0.2) is 0 Å². The summed E-state index contributed by atoms with van der Waals surface area (Å²) in [4.78, 5) is 11.0. The molecule has 0 heterocycles. The van der Waals surface area contributed by atoms with E-state index in [1.165, 1.54) is 12.8 Å². The van der Waals surface area contributed by atoms with Gasteiger partial charge in [-0.25, -0.2) is 0 Å². The summed E-state index contributed by atoms with van der Waals surface area (Å²) in [6.07, 6.45) is 3.52. The first-order chi connectivity index (χ1) is 5.18. The van der Waals surface area contributed by atoms with Crippen LogP contribution in [0.4, 0.5) is 0 Å². The van der Waals surface area contributed by atoms with E-state index < -0.39 is 0 Å². The summed E-state index contributed by atoms with van der Waals surface area (Å²) in [5.74, 6) is 0.290. The van der Waals surface area contributed by atoms with Crippen LogP contribution < -0.4 is 5.32 Å². The Labute approximate surface area is 70.9 Å². The standard InChI is InChI=1S/C9H19NO.H2/c1-4-5-6-7-10-9(11)8(2)3;/h8H,4-7H2,1-3H3,(H,10,11);1H. The van der Waals surface area contributed by atoms with Gasteiger partial charge in [-0.15, -0.1) is 0 Å². The molecule has 0 atom stereocenters. The lowest BCUT2D eigenvalue weighted by Gasteiger charge is -2.06. The fourth-order valence-corrected chi connectivity index (χ4v) is 0.791. The maximum atomic E-state index is 11.0. The Morgan fingerprint density at radius 2 is 2.09 bits per heavy atom. The maximum Gasteiger partial charge on any atom is 0.222 e. The van der Waals surface area contributed by atoms with E-state index in [0.717, 1.165) is 13.0 Å². The van der Waals surface area contributed by atoms with E-state index in [2.05, 4.69) is 12.2 Å². The molecule has 1 N–H and O–H groups in total. The monoisotopic (exact) mass is 159 g/mol. The second kappa shape index (κ2) is 6.20. The summed E-state index contributed by atoms with van der Waals surface area (Å²) < 4.78 is 0. The third kappa shape index (κ3) is 5.89. The Morgan fingerprint density at radius 1 is 1.45 bits per heavy atom. The highest BCUT2D eigenvalue weighted by molar-refractivity contribution is 5.77. The zero-order valence-corrected chi connectivity index (χ0v) is 7.81. The van der Waals surface area contributed by atoms with E-state index in [9.17, 15) is 4.79 Å². The Kier molecular flexibility index (Phi) is 5.90. The van der Waals surface area contributed by atoms with Crippen molar-refractivity contribution in [2.24, 2.45) is 5.92 Å². The van der Waals surface area contributed by atoms with Crippen LogP contribution in [-0.4, -0.2) is 12.5 Å². The molecular weight excluding hydrogens is 138 g/mol. The lowest BCUT2D eigenvalue weighted by atomic mass is 10.2. The molecule has 2 nitrogen and oxygen atoms in total. The van der Waals surface area contributed by atoms with E-state index in [1.807, 2.05) is 13.8 Å². The molecule has 0 aromatic heterocycles. The fourth-order valence-electron chi connectivity index (χ4n) is 0.791. The molecule has 0 aromatic carbocycles. The van der Waals surface area contributed by atoms with Crippen LogP contribution in [-0.2, 0) is 4.79 Å². The fraction of sp³-hybridized carbons (Fsp3) is 0.889. The van der Waals surface area contributed by atoms with Crippen LogP contribution in [0.1, 0.15) is 41.5 Å². The van der Waals surface area contributed by atoms with E-state index in [-0.39, 0.29) is 13.3 Å². The van der Waals surface area contributed by atoms with Crippen LogP contribution in [0.3, 0.4) is 0 Å². The normalized spacial score (nSPS) is 10.2. The molecule has 0 unspecified atom stereocenters. The Morgan fingerprint density at radius 3 is 2.55 bits per heavy atom. The highest BCUT2D eigenvalue weighted by Crippen LogP contribution is 1.93. The number of nitrogens with one attached hydrogen (secondary N) is 1. The molecule has 0 spiro atoms. The molecule has 0 saturated carbocycles. The van der Waals surface area contributed by atoms with Gasteiger partial charge in [-0.1, -0.05) is 33.6 Å². The molecule has 0 saturated heterocycles. The number of unbranched alkanes of at least 4 members (excludes halogenated alkanes) is 2. The highest BCUT2D eigenvalue weighted by atomic mass is 16.1. The Bertz CT molecular complexity index is 115. The predicted molar refractivity (Wildman–Crippen MR) is 49.5 cm³/mol. The average molecular weight is 159 g/mol. The van der Waals surface area contributed by atoms with Crippen molar-refractivity contribution >= 4 is 5.91 Å². The summed E-state index contributed by atoms with van der Waals surface area (Å²) in [6, 6.07) is 0. The van der Waals surface area contributed by atoms with Gasteiger partial charge in [0.15, 0.2) is 0 Å². The highest BCUT2D eigenvalue weighted by Gasteiger charge is 2.03. The SMILES string of the molecule is CCCCCNC(=O)C(C)C.[HH]. The van der Waals surface area contributed by atoms with Crippen LogP contribution in [0, 0.1) is 5.92 Å². The lowest BCUT2D eigenvalue weighted by Crippen LogP contribution is -2.28. The van der Waals surface area contributed by atoms with Gasteiger partial charge >= 0.3 is 0 Å². The van der Waals surface area contributed by atoms with Crippen molar-refractivity contribution in [3.63, 3.8) is 0 Å². The van der Waals surface area contributed by atoms with Crippen molar-refractivity contribution in [1.82, 2.24) is 5.32 Å². The van der Waals surface area contributed by atoms with Crippen molar-refractivity contribution in [2.75, 3.05) is 6.54 Å². The second-order valence-corrected chi connectivity index (χ2v) is 3.15. The van der Waals surface area contributed by atoms with Gasteiger partial charge in [-0.2, -0.15) is 0 Å². The van der Waals surface area contributed by atoms with Gasteiger partial charge in [-0.3, -0.25) is 4.79 Å². The van der Waals surface area contributed by atoms with Crippen molar-refractivity contribution in [3.8, 4) is 0 Å². The summed E-state index contributed by atoms with van der Waals surface area (Å²) in [7, 11) is 0. The summed E-state index contributed by atoms with van der Waals surface area (Å²) in [5.41, 5.74) is 0. The van der Waals surface area contributed by atoms with Crippen molar-refractivity contribution < 1.29 is 6.22 Å². The number of carbonyl (C=O) groups excluding carboxylic acids is 1. The molecule has 68 valence electrons. The van der Waals surface area contributed by atoms with Gasteiger partial charge in [0.05, 0.1) is 0 Å². The van der Waals surface area contributed by atoms with Crippen LogP contribution >= 0.6 is 0 Å². The predicted octanol–water partition coefficient (Wildman–Crippen LogP) is 2.19. The average Bonchev–Trinajstić information content (AvgIpc) is 1.97. The van der Waals surface area contributed by atoms with Crippen molar-refractivity contribution in [2.45, 2.75) is 40.0 Å². The third-order valence-corrected chi connectivity index (χ3v) is 1.60. The van der Waals surface area contributed by atoms with Crippen LogP contribution in [0.2, 0.25) is 0 Å². The maximum absolute atomic E-state index is 11.0. The van der Waals surface area contributed by atoms with Gasteiger partial charge < -0.3 is 5.32 Å². The molecule has 0 aliphatic carbocycles. The molecule has 11 heavy (non-hydrogen) atoms. The first-order valence-electron chi connectivity index (χ1n) is 4.46. The van der Waals surface area contributed by atoms with Gasteiger partial charge in [0.25, 0.3) is 0 Å². The molecule has 2 heteroatoms. The minimum atomic E-state index is 0. The number of rotatable bonds is 5. The second-order valence-electron chi connectivity index (χ2n) is 3.15. The molecule has 0 aliphatic heterocycles. The van der Waals surface area contributed by atoms with E-state index in [4.69, 9.17) is 0 Å². The third-order valence-electron chi connectivity index (χ3n) is 1.60. The Hall–Kier alpha value is -0.530. The quantitative estimate of drug-likeness (QED) is 0.612. The van der Waals surface area contributed by atoms with Crippen molar-refractivity contribution in [3.05, 3.63) is 0 Å². The van der Waals surface area contributed by atoms with E-state index >= 15 is 0 Å². The number of hydrogen-bond donors (Lipinski definition) is 1. The summed E-state index contributed by atoms with van der Waals surface area (Å²) >= 11 is 0. The molecule has 0 aromatic rings. The van der Waals surface area contributed by atoms with Crippen LogP contribution in [0.5, 0.6) is 0 Å². The van der Waals surface area contributed by atoms with Crippen LogP contribution in [0.25, 0.3) is 0 Å². The first-order valence-corrected chi connectivity index (χ1v) is 4.46. The number of carbonyl (C=O) groups is 1. The number of hydrogen-bond acceptors (Lipinski definition) is 1. The Balaban J connectivity index is 0. The van der Waals surface area contributed by atoms with Crippen molar-refractivity contribution in [1.29, 1.82) is 0 Å². The minimum absolute atomic E-state index is 0. The van der Waals surface area contributed by atoms with E-state index in [0.29, 0.717) is 0 Å². The topological polar surface area (TPSA) is 29.1 Å². The molecular formula is C9H21NO. The largest absolute Gasteiger partial charge is 0.356 e. The molecule has 0 radical (unpaired) electrons. The summed E-state index contributed by atoms with van der Waals surface area (Å²) in [5, 5.41) is 2.88. The number of amides is 1. The smallest absolute Gasteiger partial charge is 0.222 e. The van der Waals surface area contributed by atoms with Gasteiger partial charge in [0, 0.05) is 13.9 Å². The molecule has 1 amide bonds. The van der Waals surface area contributed by atoms with Gasteiger partial charge in [0.2, 0.25) is 5.91 Å². The molecule has 0 rings (SSSR count). The zero-order valence-electron chi connectivity index (χ0n) is 7.81. The summed E-state index contributed by atoms with van der Waals surface area (Å²) in [6.45, 7) is 6.82. The molecule has 0 aliphatic rings. The van der Waals surface area contributed by atoms with Gasteiger partial charge in [-0.05, 0) is 6.42 Å². The lowest BCUT2D eigenvalue weighted by molar-refractivity contribution is -0.123.